The summed E-state index contributed by atoms with van der Waals surface area (Å²) in [6, 6.07) is 11.4. The fourth-order valence-corrected chi connectivity index (χ4v) is 2.77. The summed E-state index contributed by atoms with van der Waals surface area (Å²) >= 11 is 5.93. The summed E-state index contributed by atoms with van der Waals surface area (Å²) in [6.07, 6.45) is 0. The van der Waals surface area contributed by atoms with Gasteiger partial charge in [-0.25, -0.2) is 0 Å². The molecule has 0 fully saturated rings. The number of rotatable bonds is 4. The minimum absolute atomic E-state index is 0.0436. The maximum atomic E-state index is 12.0. The Balaban J connectivity index is 1.99. The van der Waals surface area contributed by atoms with Crippen molar-refractivity contribution in [3.8, 4) is 0 Å². The molecule has 0 unspecified atom stereocenters. The van der Waals surface area contributed by atoms with Crippen molar-refractivity contribution in [2.45, 2.75) is 24.2 Å². The molecular weight excluding hydrogens is 274 g/mol. The van der Waals surface area contributed by atoms with E-state index in [-0.39, 0.29) is 11.3 Å². The Morgan fingerprint density at radius 2 is 1.95 bits per heavy atom. The van der Waals surface area contributed by atoms with E-state index in [9.17, 15) is 4.79 Å². The van der Waals surface area contributed by atoms with Crippen LogP contribution in [0.2, 0.25) is 0 Å². The normalized spacial score (nSPS) is 11.3. The Bertz CT molecular complexity index is 544. The first kappa shape index (κ1) is 14.2. The molecule has 0 aliphatic carbocycles. The largest absolute Gasteiger partial charge is 0.351 e. The third-order valence-corrected chi connectivity index (χ3v) is 4.54. The average molecular weight is 291 g/mol. The highest BCUT2D eigenvalue weighted by atomic mass is 32.1. The summed E-state index contributed by atoms with van der Waals surface area (Å²) in [6.45, 7) is 4.89. The second kappa shape index (κ2) is 5.80. The highest BCUT2D eigenvalue weighted by Gasteiger charge is 2.22. The molecule has 2 rings (SSSR count). The molecule has 0 aliphatic rings. The van der Waals surface area contributed by atoms with Crippen LogP contribution in [0, 0.1) is 0 Å². The van der Waals surface area contributed by atoms with Gasteiger partial charge in [0, 0.05) is 27.3 Å². The summed E-state index contributed by atoms with van der Waals surface area (Å²) in [4.78, 5) is 14.2. The van der Waals surface area contributed by atoms with Gasteiger partial charge in [-0.2, -0.15) is 0 Å². The molecule has 19 heavy (non-hydrogen) atoms. The molecule has 2 aromatic rings. The van der Waals surface area contributed by atoms with Gasteiger partial charge in [0.15, 0.2) is 0 Å². The molecule has 4 heteroatoms. The fraction of sp³-hybridized carbons (Fsp3) is 0.267. The standard InChI is InChI=1S/C15H17NOS2/c1-15(2,13-4-3-9-19-13)10-16-14(17)11-5-7-12(18)8-6-11/h3-9,18H,10H2,1-2H3,(H,16,17). The maximum absolute atomic E-state index is 12.0. The Morgan fingerprint density at radius 1 is 1.26 bits per heavy atom. The van der Waals surface area contributed by atoms with Crippen LogP contribution in [0.15, 0.2) is 46.7 Å². The van der Waals surface area contributed by atoms with Crippen molar-refractivity contribution in [3.63, 3.8) is 0 Å². The van der Waals surface area contributed by atoms with Crippen LogP contribution < -0.4 is 5.32 Å². The quantitative estimate of drug-likeness (QED) is 0.826. The van der Waals surface area contributed by atoms with E-state index >= 15 is 0 Å². The van der Waals surface area contributed by atoms with Crippen molar-refractivity contribution < 1.29 is 4.79 Å². The van der Waals surface area contributed by atoms with Gasteiger partial charge >= 0.3 is 0 Å². The van der Waals surface area contributed by atoms with Gasteiger partial charge in [0.25, 0.3) is 5.91 Å². The summed E-state index contributed by atoms with van der Waals surface area (Å²) in [5, 5.41) is 5.05. The molecule has 0 saturated heterocycles. The topological polar surface area (TPSA) is 29.1 Å². The molecule has 1 amide bonds. The number of thiol groups is 1. The lowest BCUT2D eigenvalue weighted by atomic mass is 9.91. The number of nitrogens with one attached hydrogen (secondary N) is 1. The van der Waals surface area contributed by atoms with Crippen molar-refractivity contribution in [1.82, 2.24) is 5.32 Å². The molecule has 0 aliphatic heterocycles. The van der Waals surface area contributed by atoms with Crippen LogP contribution in [-0.2, 0) is 5.41 Å². The zero-order valence-corrected chi connectivity index (χ0v) is 12.7. The van der Waals surface area contributed by atoms with E-state index in [0.717, 1.165) is 4.90 Å². The third kappa shape index (κ3) is 3.61. The van der Waals surface area contributed by atoms with E-state index in [1.165, 1.54) is 4.88 Å². The van der Waals surface area contributed by atoms with E-state index in [1.807, 2.05) is 18.2 Å². The Kier molecular flexibility index (Phi) is 4.32. The lowest BCUT2D eigenvalue weighted by Gasteiger charge is -2.23. The predicted octanol–water partition coefficient (Wildman–Crippen LogP) is 3.74. The van der Waals surface area contributed by atoms with Crippen LogP contribution in [0.3, 0.4) is 0 Å². The van der Waals surface area contributed by atoms with Gasteiger partial charge in [-0.15, -0.1) is 24.0 Å². The number of benzene rings is 1. The van der Waals surface area contributed by atoms with Gasteiger partial charge in [-0.05, 0) is 35.7 Å². The highest BCUT2D eigenvalue weighted by molar-refractivity contribution is 7.80. The number of carbonyl (C=O) groups is 1. The molecular formula is C15H17NOS2. The maximum Gasteiger partial charge on any atom is 0.251 e. The van der Waals surface area contributed by atoms with Crippen molar-refractivity contribution in [1.29, 1.82) is 0 Å². The summed E-state index contributed by atoms with van der Waals surface area (Å²) in [5.74, 6) is -0.0436. The Morgan fingerprint density at radius 3 is 2.53 bits per heavy atom. The Hall–Kier alpha value is -1.26. The Labute approximate surface area is 123 Å². The molecule has 0 bridgehead atoms. The molecule has 0 saturated carbocycles. The fourth-order valence-electron chi connectivity index (χ4n) is 1.77. The second-order valence-electron chi connectivity index (χ2n) is 5.09. The van der Waals surface area contributed by atoms with Gasteiger partial charge in [-0.1, -0.05) is 19.9 Å². The van der Waals surface area contributed by atoms with E-state index in [1.54, 1.807) is 23.5 Å². The zero-order chi connectivity index (χ0) is 13.9. The van der Waals surface area contributed by atoms with E-state index in [2.05, 4.69) is 43.2 Å². The number of hydrogen-bond acceptors (Lipinski definition) is 3. The smallest absolute Gasteiger partial charge is 0.251 e. The van der Waals surface area contributed by atoms with Crippen LogP contribution >= 0.6 is 24.0 Å². The number of hydrogen-bond donors (Lipinski definition) is 2. The average Bonchev–Trinajstić information content (AvgIpc) is 2.91. The van der Waals surface area contributed by atoms with Crippen LogP contribution in [0.1, 0.15) is 29.1 Å². The van der Waals surface area contributed by atoms with Gasteiger partial charge < -0.3 is 5.32 Å². The molecule has 2 nitrogen and oxygen atoms in total. The van der Waals surface area contributed by atoms with Gasteiger partial charge in [0.05, 0.1) is 0 Å². The molecule has 0 spiro atoms. The molecule has 1 heterocycles. The van der Waals surface area contributed by atoms with Crippen LogP contribution in [0.4, 0.5) is 0 Å². The molecule has 0 atom stereocenters. The number of carbonyl (C=O) groups excluding carboxylic acids is 1. The summed E-state index contributed by atoms with van der Waals surface area (Å²) < 4.78 is 0. The molecule has 1 aromatic carbocycles. The first-order valence-corrected chi connectivity index (χ1v) is 7.43. The van der Waals surface area contributed by atoms with Gasteiger partial charge in [0.2, 0.25) is 0 Å². The number of thiophene rings is 1. The molecule has 1 N–H and O–H groups in total. The first-order valence-electron chi connectivity index (χ1n) is 6.10. The van der Waals surface area contributed by atoms with Gasteiger partial charge in [-0.3, -0.25) is 4.79 Å². The second-order valence-corrected chi connectivity index (χ2v) is 6.55. The van der Waals surface area contributed by atoms with Crippen molar-refractivity contribution in [2.75, 3.05) is 6.54 Å². The zero-order valence-electron chi connectivity index (χ0n) is 11.0. The van der Waals surface area contributed by atoms with Crippen molar-refractivity contribution >= 4 is 29.9 Å². The lowest BCUT2D eigenvalue weighted by Crippen LogP contribution is -2.36. The van der Waals surface area contributed by atoms with E-state index in [4.69, 9.17) is 0 Å². The van der Waals surface area contributed by atoms with Crippen LogP contribution in [-0.4, -0.2) is 12.5 Å². The minimum Gasteiger partial charge on any atom is -0.351 e. The summed E-state index contributed by atoms with van der Waals surface area (Å²) in [7, 11) is 0. The first-order chi connectivity index (χ1) is 8.99. The molecule has 100 valence electrons. The molecule has 0 radical (unpaired) electrons. The van der Waals surface area contributed by atoms with Crippen LogP contribution in [0.5, 0.6) is 0 Å². The number of amides is 1. The summed E-state index contributed by atoms with van der Waals surface area (Å²) in [5.41, 5.74) is 0.618. The van der Waals surface area contributed by atoms with Crippen molar-refractivity contribution in [2.24, 2.45) is 0 Å². The van der Waals surface area contributed by atoms with Crippen LogP contribution in [0.25, 0.3) is 0 Å². The lowest BCUT2D eigenvalue weighted by molar-refractivity contribution is 0.0946. The monoisotopic (exact) mass is 291 g/mol. The van der Waals surface area contributed by atoms with E-state index < -0.39 is 0 Å². The predicted molar refractivity (Wildman–Crippen MR) is 83.4 cm³/mol. The third-order valence-electron chi connectivity index (χ3n) is 3.01. The van der Waals surface area contributed by atoms with Gasteiger partial charge in [0.1, 0.15) is 0 Å². The highest BCUT2D eigenvalue weighted by Crippen LogP contribution is 2.26. The van der Waals surface area contributed by atoms with E-state index in [0.29, 0.717) is 12.1 Å². The van der Waals surface area contributed by atoms with Crippen molar-refractivity contribution in [3.05, 3.63) is 52.2 Å². The SMILES string of the molecule is CC(C)(CNC(=O)c1ccc(S)cc1)c1cccs1. The minimum atomic E-state index is -0.0483. The molecule has 1 aromatic heterocycles.